The molecule has 2 amide bonds. The number of ether oxygens (including phenoxy) is 2. The van der Waals surface area contributed by atoms with Crippen molar-refractivity contribution in [1.29, 1.82) is 0 Å². The minimum atomic E-state index is -1.25. The molecule has 0 saturated heterocycles. The number of hydrogen-bond donors (Lipinski definition) is 5. The van der Waals surface area contributed by atoms with Gasteiger partial charge in [-0.1, -0.05) is 5.21 Å². The molecule has 3 aromatic rings. The highest BCUT2D eigenvalue weighted by Crippen LogP contribution is 2.28. The topological polar surface area (TPSA) is 191 Å². The molecule has 2 atom stereocenters. The SMILES string of the molecule is COC[C@@H](Nc1nc(Nc2cnc(OC)c(-n3ccnn3)c2)c(C(N)=O)cc1F)[C@H](C)NC(=O)O. The van der Waals surface area contributed by atoms with E-state index < -0.39 is 29.9 Å². The van der Waals surface area contributed by atoms with E-state index in [2.05, 4.69) is 36.2 Å². The van der Waals surface area contributed by atoms with Crippen LogP contribution in [0.1, 0.15) is 17.3 Å². The quantitative estimate of drug-likeness (QED) is 0.259. The number of carbonyl (C=O) groups excluding carboxylic acids is 1. The Morgan fingerprint density at radius 1 is 1.29 bits per heavy atom. The van der Waals surface area contributed by atoms with E-state index in [0.717, 1.165) is 6.07 Å². The molecule has 0 unspecified atom stereocenters. The molecule has 186 valence electrons. The van der Waals surface area contributed by atoms with Gasteiger partial charge in [0.15, 0.2) is 11.6 Å². The molecular weight excluding hydrogens is 465 g/mol. The second-order valence-electron chi connectivity index (χ2n) is 7.25. The normalized spacial score (nSPS) is 12.5. The van der Waals surface area contributed by atoms with Gasteiger partial charge in [-0.2, -0.15) is 0 Å². The molecule has 0 aliphatic heterocycles. The van der Waals surface area contributed by atoms with Gasteiger partial charge >= 0.3 is 6.09 Å². The first-order chi connectivity index (χ1) is 16.7. The molecule has 3 heterocycles. The van der Waals surface area contributed by atoms with Crippen LogP contribution in [0.5, 0.6) is 5.88 Å². The Kier molecular flexibility index (Phi) is 7.93. The third-order valence-electron chi connectivity index (χ3n) is 4.82. The third kappa shape index (κ3) is 6.08. The van der Waals surface area contributed by atoms with Crippen LogP contribution in [0.2, 0.25) is 0 Å². The molecule has 6 N–H and O–H groups in total. The first-order valence-electron chi connectivity index (χ1n) is 10.2. The Morgan fingerprint density at radius 3 is 2.66 bits per heavy atom. The van der Waals surface area contributed by atoms with Crippen LogP contribution in [-0.2, 0) is 4.74 Å². The van der Waals surface area contributed by atoms with E-state index in [9.17, 15) is 14.0 Å². The van der Waals surface area contributed by atoms with Gasteiger partial charge in [0.25, 0.3) is 5.91 Å². The summed E-state index contributed by atoms with van der Waals surface area (Å²) in [6, 6.07) is 1.17. The second-order valence-corrected chi connectivity index (χ2v) is 7.25. The van der Waals surface area contributed by atoms with Gasteiger partial charge in [-0.15, -0.1) is 5.10 Å². The van der Waals surface area contributed by atoms with Crippen molar-refractivity contribution in [3.05, 3.63) is 42.1 Å². The highest BCUT2D eigenvalue weighted by molar-refractivity contribution is 5.98. The fourth-order valence-electron chi connectivity index (χ4n) is 3.14. The molecule has 0 aliphatic carbocycles. The van der Waals surface area contributed by atoms with Crippen LogP contribution >= 0.6 is 0 Å². The summed E-state index contributed by atoms with van der Waals surface area (Å²) in [5, 5.41) is 24.7. The van der Waals surface area contributed by atoms with Crippen molar-refractivity contribution in [3.8, 4) is 11.6 Å². The summed E-state index contributed by atoms with van der Waals surface area (Å²) in [4.78, 5) is 31.4. The minimum Gasteiger partial charge on any atom is -0.479 e. The fourth-order valence-corrected chi connectivity index (χ4v) is 3.14. The van der Waals surface area contributed by atoms with Gasteiger partial charge in [0.1, 0.15) is 11.5 Å². The van der Waals surface area contributed by atoms with Crippen molar-refractivity contribution in [2.24, 2.45) is 5.73 Å². The smallest absolute Gasteiger partial charge is 0.404 e. The number of rotatable bonds is 11. The van der Waals surface area contributed by atoms with Crippen molar-refractivity contribution in [2.75, 3.05) is 31.5 Å². The average Bonchev–Trinajstić information content (AvgIpc) is 3.34. The first-order valence-corrected chi connectivity index (χ1v) is 10.2. The molecular formula is C20H24FN9O5. The number of nitrogens with zero attached hydrogens (tertiary/aromatic N) is 5. The largest absolute Gasteiger partial charge is 0.479 e. The molecule has 0 aliphatic rings. The maximum absolute atomic E-state index is 14.8. The van der Waals surface area contributed by atoms with Gasteiger partial charge in [-0.25, -0.2) is 23.8 Å². The number of nitrogens with two attached hydrogens (primary N) is 1. The lowest BCUT2D eigenvalue weighted by molar-refractivity contribution is 0.1000. The van der Waals surface area contributed by atoms with Crippen LogP contribution in [-0.4, -0.2) is 75.0 Å². The molecule has 0 aromatic carbocycles. The third-order valence-corrected chi connectivity index (χ3v) is 4.82. The van der Waals surface area contributed by atoms with Crippen LogP contribution in [0.15, 0.2) is 30.7 Å². The summed E-state index contributed by atoms with van der Waals surface area (Å²) >= 11 is 0. The number of hydrogen-bond acceptors (Lipinski definition) is 10. The Balaban J connectivity index is 1.97. The Labute approximate surface area is 198 Å². The van der Waals surface area contributed by atoms with E-state index >= 15 is 0 Å². The molecule has 3 rings (SSSR count). The monoisotopic (exact) mass is 489 g/mol. The number of carboxylic acid groups (broad SMARTS) is 1. The van der Waals surface area contributed by atoms with Crippen LogP contribution in [0, 0.1) is 5.82 Å². The van der Waals surface area contributed by atoms with E-state index in [-0.39, 0.29) is 29.7 Å². The van der Waals surface area contributed by atoms with E-state index in [1.165, 1.54) is 31.3 Å². The highest BCUT2D eigenvalue weighted by atomic mass is 19.1. The molecule has 14 nitrogen and oxygen atoms in total. The van der Waals surface area contributed by atoms with E-state index in [1.807, 2.05) is 0 Å². The Bertz CT molecular complexity index is 1190. The van der Waals surface area contributed by atoms with Gasteiger partial charge in [0, 0.05) is 7.11 Å². The Hall–Kier alpha value is -4.53. The molecule has 35 heavy (non-hydrogen) atoms. The van der Waals surface area contributed by atoms with Gasteiger partial charge in [-0.05, 0) is 19.1 Å². The number of primary amides is 1. The minimum absolute atomic E-state index is 0.0343. The van der Waals surface area contributed by atoms with Crippen molar-refractivity contribution >= 4 is 29.3 Å². The van der Waals surface area contributed by atoms with Gasteiger partial charge in [0.05, 0.1) is 55.6 Å². The number of methoxy groups -OCH3 is 2. The number of amides is 2. The summed E-state index contributed by atoms with van der Waals surface area (Å²) in [7, 11) is 2.86. The van der Waals surface area contributed by atoms with Gasteiger partial charge in [-0.3, -0.25) is 4.79 Å². The average molecular weight is 489 g/mol. The van der Waals surface area contributed by atoms with E-state index in [1.54, 1.807) is 19.2 Å². The van der Waals surface area contributed by atoms with Crippen molar-refractivity contribution in [2.45, 2.75) is 19.0 Å². The number of aromatic nitrogens is 5. The number of nitrogens with one attached hydrogen (secondary N) is 3. The fraction of sp³-hybridized carbons (Fsp3) is 0.300. The lowest BCUT2D eigenvalue weighted by Crippen LogP contribution is -2.47. The maximum Gasteiger partial charge on any atom is 0.404 e. The number of pyridine rings is 2. The van der Waals surface area contributed by atoms with Crippen molar-refractivity contribution < 1.29 is 28.6 Å². The molecule has 0 saturated carbocycles. The second kappa shape index (κ2) is 11.1. The van der Waals surface area contributed by atoms with Crippen LogP contribution in [0.3, 0.4) is 0 Å². The van der Waals surface area contributed by atoms with E-state index in [4.69, 9.17) is 20.3 Å². The standard InChI is InChI=1S/C20H24FN9O5/c1-10(25-20(32)33)14(9-34-2)27-18-13(21)7-12(16(22)31)17(28-18)26-11-6-15(19(35-3)23-8-11)30-5-4-24-29-30/h4-8,10,14,25H,9H2,1-3H3,(H2,22,31)(H,32,33)(H2,26,27,28)/t10-,14+/m0/s1. The lowest BCUT2D eigenvalue weighted by atomic mass is 10.1. The molecule has 15 heteroatoms. The predicted molar refractivity (Wildman–Crippen MR) is 122 cm³/mol. The van der Waals surface area contributed by atoms with Gasteiger partial charge < -0.3 is 36.3 Å². The summed E-state index contributed by atoms with van der Waals surface area (Å²) in [6.45, 7) is 1.61. The first kappa shape index (κ1) is 25.1. The maximum atomic E-state index is 14.8. The summed E-state index contributed by atoms with van der Waals surface area (Å²) in [6.07, 6.45) is 3.21. The zero-order valence-electron chi connectivity index (χ0n) is 19.0. The van der Waals surface area contributed by atoms with Crippen LogP contribution < -0.4 is 26.4 Å². The summed E-state index contributed by atoms with van der Waals surface area (Å²) < 4.78 is 26.6. The molecule has 3 aromatic heterocycles. The molecule has 0 bridgehead atoms. The highest BCUT2D eigenvalue weighted by Gasteiger charge is 2.23. The summed E-state index contributed by atoms with van der Waals surface area (Å²) in [5.41, 5.74) is 6.01. The van der Waals surface area contributed by atoms with Crippen LogP contribution in [0.25, 0.3) is 5.69 Å². The number of halogens is 1. The number of anilines is 3. The number of carbonyl (C=O) groups is 2. The van der Waals surface area contributed by atoms with Gasteiger partial charge in [0.2, 0.25) is 5.88 Å². The summed E-state index contributed by atoms with van der Waals surface area (Å²) in [5.74, 6) is -1.85. The Morgan fingerprint density at radius 2 is 2.06 bits per heavy atom. The van der Waals surface area contributed by atoms with Crippen molar-refractivity contribution in [3.63, 3.8) is 0 Å². The van der Waals surface area contributed by atoms with Crippen molar-refractivity contribution in [1.82, 2.24) is 30.3 Å². The van der Waals surface area contributed by atoms with E-state index in [0.29, 0.717) is 11.4 Å². The molecule has 0 spiro atoms. The molecule has 0 radical (unpaired) electrons. The van der Waals surface area contributed by atoms with Crippen LogP contribution in [0.4, 0.5) is 26.5 Å². The zero-order chi connectivity index (χ0) is 25.5. The zero-order valence-corrected chi connectivity index (χ0v) is 19.0. The molecule has 0 fully saturated rings. The lowest BCUT2D eigenvalue weighted by Gasteiger charge is -2.25. The predicted octanol–water partition coefficient (Wildman–Crippen LogP) is 1.13.